The predicted octanol–water partition coefficient (Wildman–Crippen LogP) is 3.71. The van der Waals surface area contributed by atoms with Crippen molar-refractivity contribution >= 4 is 27.3 Å². The van der Waals surface area contributed by atoms with E-state index >= 15 is 0 Å². The Morgan fingerprint density at radius 3 is 2.70 bits per heavy atom. The van der Waals surface area contributed by atoms with Gasteiger partial charge in [-0.3, -0.25) is 4.79 Å². The normalized spacial score (nSPS) is 16.8. The highest BCUT2D eigenvalue weighted by Gasteiger charge is 2.29. The first-order valence-electron chi connectivity index (χ1n) is 10.0. The van der Waals surface area contributed by atoms with E-state index in [1.54, 1.807) is 24.4 Å². The number of allylic oxidation sites excluding steroid dienone is 2. The molecule has 0 saturated carbocycles. The minimum atomic E-state index is -4.30. The van der Waals surface area contributed by atoms with E-state index in [-0.39, 0.29) is 21.5 Å². The number of hydrogen-bond acceptors (Lipinski definition) is 5. The fourth-order valence-corrected chi connectivity index (χ4v) is 5.30. The maximum absolute atomic E-state index is 14.4. The number of hydrogen-bond donors (Lipinski definition) is 3. The van der Waals surface area contributed by atoms with Crippen molar-refractivity contribution in [3.63, 3.8) is 0 Å². The van der Waals surface area contributed by atoms with Crippen LogP contribution in [0, 0.1) is 24.6 Å². The summed E-state index contributed by atoms with van der Waals surface area (Å²) in [6.07, 6.45) is 5.10. The summed E-state index contributed by atoms with van der Waals surface area (Å²) < 4.78 is 41.8. The van der Waals surface area contributed by atoms with Crippen molar-refractivity contribution < 1.29 is 22.7 Å². The lowest BCUT2D eigenvalue weighted by Gasteiger charge is -2.16. The molecule has 0 saturated heterocycles. The van der Waals surface area contributed by atoms with Crippen LogP contribution in [0.1, 0.15) is 29.3 Å². The fraction of sp³-hybridized carbons (Fsp3) is 0.208. The zero-order chi connectivity index (χ0) is 24.2. The first-order valence-corrected chi connectivity index (χ1v) is 12.3. The lowest BCUT2D eigenvalue weighted by atomic mass is 10.0. The third-order valence-electron chi connectivity index (χ3n) is 4.84. The molecule has 3 rings (SSSR count). The zero-order valence-corrected chi connectivity index (χ0v) is 19.7. The van der Waals surface area contributed by atoms with Crippen molar-refractivity contribution in [2.75, 3.05) is 0 Å². The molecule has 9 heteroatoms. The van der Waals surface area contributed by atoms with E-state index in [2.05, 4.69) is 28.5 Å². The Balaban J connectivity index is 1.81. The molecule has 2 unspecified atom stereocenters. The number of carboxylic acid groups (broad SMARTS) is 1. The van der Waals surface area contributed by atoms with Crippen LogP contribution in [0.4, 0.5) is 4.39 Å². The van der Waals surface area contributed by atoms with Gasteiger partial charge >= 0.3 is 5.97 Å². The summed E-state index contributed by atoms with van der Waals surface area (Å²) in [4.78, 5) is 11.7. The highest BCUT2D eigenvalue weighted by atomic mass is 32.2. The van der Waals surface area contributed by atoms with Crippen LogP contribution in [-0.2, 0) is 14.8 Å². The van der Waals surface area contributed by atoms with E-state index in [1.165, 1.54) is 0 Å². The van der Waals surface area contributed by atoms with Crippen LogP contribution in [0.2, 0.25) is 0 Å². The molecule has 3 N–H and O–H groups in total. The smallest absolute Gasteiger partial charge is 0.322 e. The summed E-state index contributed by atoms with van der Waals surface area (Å²) in [5.41, 5.74) is 2.84. The second-order valence-electron chi connectivity index (χ2n) is 7.58. The van der Waals surface area contributed by atoms with Crippen LogP contribution in [-0.4, -0.2) is 31.6 Å². The molecule has 0 aliphatic carbocycles. The van der Waals surface area contributed by atoms with Crippen molar-refractivity contribution in [3.05, 3.63) is 88.2 Å². The number of aliphatic carboxylic acids is 1. The molecule has 33 heavy (non-hydrogen) atoms. The molecule has 1 aliphatic rings. The number of aryl methyl sites for hydroxylation is 1. The van der Waals surface area contributed by atoms with Gasteiger partial charge in [0.1, 0.15) is 15.1 Å². The first kappa shape index (κ1) is 24.5. The Hall–Kier alpha value is -3.19. The van der Waals surface area contributed by atoms with Crippen LogP contribution in [0.15, 0.2) is 70.6 Å². The van der Waals surface area contributed by atoms with Crippen molar-refractivity contribution in [1.82, 2.24) is 10.0 Å². The summed E-state index contributed by atoms with van der Waals surface area (Å²) in [5.74, 6) is 3.31. The topological polar surface area (TPSA) is 95.5 Å². The Labute approximate surface area is 196 Å². The van der Waals surface area contributed by atoms with Crippen LogP contribution in [0.3, 0.4) is 0 Å². The molecule has 0 radical (unpaired) electrons. The van der Waals surface area contributed by atoms with Gasteiger partial charge in [0.25, 0.3) is 10.0 Å². The summed E-state index contributed by atoms with van der Waals surface area (Å²) >= 11 is 0.645. The van der Waals surface area contributed by atoms with Crippen LogP contribution >= 0.6 is 11.3 Å². The Kier molecular flexibility index (Phi) is 7.53. The quantitative estimate of drug-likeness (QED) is 0.541. The second-order valence-corrected chi connectivity index (χ2v) is 10.6. The number of benzene rings is 1. The highest BCUT2D eigenvalue weighted by Crippen LogP contribution is 2.26. The first-order chi connectivity index (χ1) is 15.5. The van der Waals surface area contributed by atoms with Crippen molar-refractivity contribution in [2.24, 2.45) is 0 Å². The zero-order valence-electron chi connectivity index (χ0n) is 18.1. The molecule has 0 bridgehead atoms. The largest absolute Gasteiger partial charge is 0.480 e. The van der Waals surface area contributed by atoms with E-state index in [0.29, 0.717) is 28.0 Å². The SMILES string of the molecule is C=C1C=CC(C)NC=C1CC(NS(=O)(=O)c1cc(F)c(C#Cc2ccc(C)cc2)s1)C(=O)O. The lowest BCUT2D eigenvalue weighted by Crippen LogP contribution is -2.40. The average molecular weight is 487 g/mol. The molecule has 0 spiro atoms. The third-order valence-corrected chi connectivity index (χ3v) is 7.81. The molecule has 0 amide bonds. The molecule has 2 atom stereocenters. The van der Waals surface area contributed by atoms with E-state index in [9.17, 15) is 22.7 Å². The number of carbonyl (C=O) groups is 1. The van der Waals surface area contributed by atoms with Gasteiger partial charge < -0.3 is 10.4 Å². The van der Waals surface area contributed by atoms with Crippen LogP contribution < -0.4 is 10.0 Å². The molecule has 1 aromatic carbocycles. The Bertz CT molecular complexity index is 1300. The number of rotatable bonds is 6. The van der Waals surface area contributed by atoms with Gasteiger partial charge in [-0.2, -0.15) is 4.72 Å². The van der Waals surface area contributed by atoms with Gasteiger partial charge in [-0.25, -0.2) is 12.8 Å². The summed E-state index contributed by atoms with van der Waals surface area (Å²) in [5, 5.41) is 12.7. The number of sulfonamides is 1. The van der Waals surface area contributed by atoms with Crippen LogP contribution in [0.5, 0.6) is 0 Å². The van der Waals surface area contributed by atoms with Gasteiger partial charge in [0.05, 0.1) is 0 Å². The molecule has 0 fully saturated rings. The Morgan fingerprint density at radius 1 is 1.33 bits per heavy atom. The summed E-state index contributed by atoms with van der Waals surface area (Å²) in [6.45, 7) is 7.73. The van der Waals surface area contributed by atoms with Gasteiger partial charge in [0, 0.05) is 30.3 Å². The van der Waals surface area contributed by atoms with Crippen molar-refractivity contribution in [2.45, 2.75) is 36.6 Å². The van der Waals surface area contributed by atoms with Crippen molar-refractivity contribution in [1.29, 1.82) is 0 Å². The van der Waals surface area contributed by atoms with E-state index < -0.39 is 27.9 Å². The molecule has 1 aromatic heterocycles. The van der Waals surface area contributed by atoms with E-state index in [4.69, 9.17) is 0 Å². The molecular weight excluding hydrogens is 463 g/mol. The minimum Gasteiger partial charge on any atom is -0.480 e. The predicted molar refractivity (Wildman–Crippen MR) is 127 cm³/mol. The van der Waals surface area contributed by atoms with E-state index in [1.807, 2.05) is 32.1 Å². The summed E-state index contributed by atoms with van der Waals surface area (Å²) in [7, 11) is -4.30. The molecule has 1 aliphatic heterocycles. The second kappa shape index (κ2) is 10.2. The highest BCUT2D eigenvalue weighted by molar-refractivity contribution is 7.91. The van der Waals surface area contributed by atoms with Gasteiger partial charge in [-0.15, -0.1) is 11.3 Å². The number of halogens is 1. The Morgan fingerprint density at radius 2 is 2.03 bits per heavy atom. The monoisotopic (exact) mass is 486 g/mol. The minimum absolute atomic E-state index is 0.0211. The third kappa shape index (κ3) is 6.42. The number of carboxylic acids is 1. The molecule has 2 heterocycles. The van der Waals surface area contributed by atoms with Gasteiger partial charge in [0.15, 0.2) is 5.82 Å². The maximum atomic E-state index is 14.4. The molecular formula is C24H23FN2O4S2. The van der Waals surface area contributed by atoms with Gasteiger partial charge in [0.2, 0.25) is 0 Å². The fourth-order valence-electron chi connectivity index (χ4n) is 2.91. The average Bonchev–Trinajstić information content (AvgIpc) is 3.07. The molecule has 2 aromatic rings. The van der Waals surface area contributed by atoms with Crippen molar-refractivity contribution in [3.8, 4) is 11.8 Å². The van der Waals surface area contributed by atoms with Gasteiger partial charge in [-0.1, -0.05) is 42.3 Å². The standard InChI is InChI=1S/C24H23FN2O4S2/c1-15-4-8-18(9-5-15)10-11-22-20(25)13-23(32-22)33(30,31)27-21(24(28)29)12-19-14-26-17(3)7-6-16(19)2/h4-9,13-14,17,21,26-27H,2,12H2,1,3H3,(H,28,29). The van der Waals surface area contributed by atoms with Crippen LogP contribution in [0.25, 0.3) is 0 Å². The van der Waals surface area contributed by atoms with E-state index in [0.717, 1.165) is 11.6 Å². The number of nitrogens with one attached hydrogen (secondary N) is 2. The molecule has 172 valence electrons. The maximum Gasteiger partial charge on any atom is 0.322 e. The van der Waals surface area contributed by atoms with Gasteiger partial charge in [-0.05, 0) is 43.0 Å². The lowest BCUT2D eigenvalue weighted by molar-refractivity contribution is -0.138. The molecule has 6 nitrogen and oxygen atoms in total. The number of thiophene rings is 1. The summed E-state index contributed by atoms with van der Waals surface area (Å²) in [6, 6.07) is 6.70.